The summed E-state index contributed by atoms with van der Waals surface area (Å²) < 4.78 is 10.4. The number of ether oxygens (including phenoxy) is 2. The minimum atomic E-state index is -0.451. The molecule has 2 rings (SSSR count). The van der Waals surface area contributed by atoms with E-state index in [-0.39, 0.29) is 13.2 Å². The van der Waals surface area contributed by atoms with Gasteiger partial charge in [0, 0.05) is 16.8 Å². The Kier molecular flexibility index (Phi) is 4.85. The Bertz CT molecular complexity index is 550. The topological polar surface area (TPSA) is 61.5 Å². The van der Waals surface area contributed by atoms with Crippen molar-refractivity contribution in [3.63, 3.8) is 0 Å². The third kappa shape index (κ3) is 4.48. The van der Waals surface area contributed by atoms with Crippen LogP contribution in [0.5, 0.6) is 5.75 Å². The molecule has 0 heterocycles. The lowest BCUT2D eigenvalue weighted by atomic mass is 10.2. The zero-order valence-electron chi connectivity index (χ0n) is 10.7. The van der Waals surface area contributed by atoms with Gasteiger partial charge in [0.15, 0.2) is 6.61 Å². The first kappa shape index (κ1) is 14.2. The minimum Gasteiger partial charge on any atom is -0.482 e. The summed E-state index contributed by atoms with van der Waals surface area (Å²) in [5, 5.41) is 0.606. The van der Waals surface area contributed by atoms with Crippen LogP contribution in [0.4, 0.5) is 5.69 Å². The van der Waals surface area contributed by atoms with Crippen molar-refractivity contribution >= 4 is 23.3 Å². The summed E-state index contributed by atoms with van der Waals surface area (Å²) in [6, 6.07) is 14.0. The monoisotopic (exact) mass is 291 g/mol. The molecule has 4 nitrogen and oxygen atoms in total. The van der Waals surface area contributed by atoms with Gasteiger partial charge in [0.1, 0.15) is 12.4 Å². The normalized spacial score (nSPS) is 10.1. The van der Waals surface area contributed by atoms with Gasteiger partial charge in [-0.25, -0.2) is 4.79 Å². The van der Waals surface area contributed by atoms with E-state index in [4.69, 9.17) is 26.8 Å². The van der Waals surface area contributed by atoms with Crippen molar-refractivity contribution in [1.29, 1.82) is 0 Å². The summed E-state index contributed by atoms with van der Waals surface area (Å²) in [5.74, 6) is 0.0807. The molecule has 2 aromatic rings. The summed E-state index contributed by atoms with van der Waals surface area (Å²) in [7, 11) is 0. The zero-order valence-corrected chi connectivity index (χ0v) is 11.5. The van der Waals surface area contributed by atoms with Crippen molar-refractivity contribution in [2.45, 2.75) is 6.61 Å². The maximum atomic E-state index is 11.5. The summed E-state index contributed by atoms with van der Waals surface area (Å²) in [4.78, 5) is 11.5. The molecule has 20 heavy (non-hydrogen) atoms. The average Bonchev–Trinajstić information content (AvgIpc) is 2.43. The molecule has 2 N–H and O–H groups in total. The molecule has 0 saturated carbocycles. The SMILES string of the molecule is Nc1cccc(OCC(=O)OCc2cccc(Cl)c2)c1. The molecule has 0 spiro atoms. The number of hydrogen-bond acceptors (Lipinski definition) is 4. The van der Waals surface area contributed by atoms with Crippen LogP contribution in [0.2, 0.25) is 5.02 Å². The Balaban J connectivity index is 1.78. The fourth-order valence-electron chi connectivity index (χ4n) is 1.58. The predicted octanol–water partition coefficient (Wildman–Crippen LogP) is 3.04. The van der Waals surface area contributed by atoms with E-state index in [1.165, 1.54) is 0 Å². The summed E-state index contributed by atoms with van der Waals surface area (Å²) in [6.45, 7) is 0.00367. The van der Waals surface area contributed by atoms with Crippen LogP contribution >= 0.6 is 11.6 Å². The summed E-state index contributed by atoms with van der Waals surface area (Å²) >= 11 is 5.84. The highest BCUT2D eigenvalue weighted by atomic mass is 35.5. The maximum absolute atomic E-state index is 11.5. The van der Waals surface area contributed by atoms with Crippen LogP contribution < -0.4 is 10.5 Å². The molecule has 0 aromatic heterocycles. The molecule has 0 atom stereocenters. The van der Waals surface area contributed by atoms with Gasteiger partial charge in [-0.15, -0.1) is 0 Å². The molecular formula is C15H14ClNO3. The Hall–Kier alpha value is -2.20. The average molecular weight is 292 g/mol. The second-order valence-electron chi connectivity index (χ2n) is 4.15. The highest BCUT2D eigenvalue weighted by molar-refractivity contribution is 6.30. The Morgan fingerprint density at radius 3 is 2.70 bits per heavy atom. The third-order valence-electron chi connectivity index (χ3n) is 2.50. The van der Waals surface area contributed by atoms with Crippen molar-refractivity contribution in [1.82, 2.24) is 0 Å². The molecule has 0 unspecified atom stereocenters. The Morgan fingerprint density at radius 1 is 1.15 bits per heavy atom. The van der Waals surface area contributed by atoms with E-state index in [9.17, 15) is 4.79 Å². The van der Waals surface area contributed by atoms with E-state index < -0.39 is 5.97 Å². The van der Waals surface area contributed by atoms with Gasteiger partial charge in [-0.3, -0.25) is 0 Å². The standard InChI is InChI=1S/C15H14ClNO3/c16-12-4-1-3-11(7-12)9-20-15(18)10-19-14-6-2-5-13(17)8-14/h1-8H,9-10,17H2. The van der Waals surface area contributed by atoms with Gasteiger partial charge < -0.3 is 15.2 Å². The highest BCUT2D eigenvalue weighted by Gasteiger charge is 2.05. The highest BCUT2D eigenvalue weighted by Crippen LogP contribution is 2.14. The van der Waals surface area contributed by atoms with Crippen LogP contribution in [-0.2, 0) is 16.1 Å². The van der Waals surface area contributed by atoms with Gasteiger partial charge in [0.05, 0.1) is 0 Å². The molecule has 0 aliphatic heterocycles. The van der Waals surface area contributed by atoms with E-state index in [2.05, 4.69) is 0 Å². The van der Waals surface area contributed by atoms with E-state index in [0.717, 1.165) is 5.56 Å². The van der Waals surface area contributed by atoms with Crippen LogP contribution in [-0.4, -0.2) is 12.6 Å². The number of rotatable bonds is 5. The van der Waals surface area contributed by atoms with Crippen molar-refractivity contribution in [2.24, 2.45) is 0 Å². The van der Waals surface area contributed by atoms with Crippen LogP contribution in [0.3, 0.4) is 0 Å². The Labute approximate surface area is 122 Å². The van der Waals surface area contributed by atoms with E-state index in [0.29, 0.717) is 16.5 Å². The van der Waals surface area contributed by atoms with Crippen LogP contribution in [0, 0.1) is 0 Å². The quantitative estimate of drug-likeness (QED) is 0.679. The molecule has 0 fully saturated rings. The molecule has 0 amide bonds. The molecule has 0 saturated heterocycles. The van der Waals surface area contributed by atoms with Crippen LogP contribution in [0.1, 0.15) is 5.56 Å². The molecule has 2 aromatic carbocycles. The number of carbonyl (C=O) groups is 1. The second-order valence-corrected chi connectivity index (χ2v) is 4.59. The number of nitrogen functional groups attached to an aromatic ring is 1. The van der Waals surface area contributed by atoms with Crippen LogP contribution in [0.25, 0.3) is 0 Å². The summed E-state index contributed by atoms with van der Waals surface area (Å²) in [5.41, 5.74) is 7.01. The first-order valence-electron chi connectivity index (χ1n) is 6.02. The molecule has 0 radical (unpaired) electrons. The molecule has 5 heteroatoms. The molecular weight excluding hydrogens is 278 g/mol. The van der Waals surface area contributed by atoms with E-state index in [1.807, 2.05) is 6.07 Å². The fourth-order valence-corrected chi connectivity index (χ4v) is 1.79. The van der Waals surface area contributed by atoms with E-state index >= 15 is 0 Å². The van der Waals surface area contributed by atoms with Gasteiger partial charge in [-0.1, -0.05) is 29.8 Å². The van der Waals surface area contributed by atoms with Crippen molar-refractivity contribution in [3.05, 3.63) is 59.1 Å². The van der Waals surface area contributed by atoms with Crippen molar-refractivity contribution in [2.75, 3.05) is 12.3 Å². The smallest absolute Gasteiger partial charge is 0.344 e. The van der Waals surface area contributed by atoms with Gasteiger partial charge in [-0.2, -0.15) is 0 Å². The number of hydrogen-bond donors (Lipinski definition) is 1. The molecule has 104 valence electrons. The molecule has 0 bridgehead atoms. The summed E-state index contributed by atoms with van der Waals surface area (Å²) in [6.07, 6.45) is 0. The lowest BCUT2D eigenvalue weighted by Gasteiger charge is -2.07. The maximum Gasteiger partial charge on any atom is 0.344 e. The van der Waals surface area contributed by atoms with Crippen LogP contribution in [0.15, 0.2) is 48.5 Å². The van der Waals surface area contributed by atoms with Gasteiger partial charge >= 0.3 is 5.97 Å². The molecule has 0 aliphatic carbocycles. The largest absolute Gasteiger partial charge is 0.482 e. The fraction of sp³-hybridized carbons (Fsp3) is 0.133. The molecule has 0 aliphatic rings. The van der Waals surface area contributed by atoms with Crippen molar-refractivity contribution in [3.8, 4) is 5.75 Å². The third-order valence-corrected chi connectivity index (χ3v) is 2.74. The second kappa shape index (κ2) is 6.82. The first-order chi connectivity index (χ1) is 9.63. The number of anilines is 1. The van der Waals surface area contributed by atoms with Gasteiger partial charge in [-0.05, 0) is 29.8 Å². The number of carbonyl (C=O) groups excluding carboxylic acids is 1. The van der Waals surface area contributed by atoms with E-state index in [1.54, 1.807) is 42.5 Å². The predicted molar refractivity (Wildman–Crippen MR) is 77.6 cm³/mol. The number of halogens is 1. The van der Waals surface area contributed by atoms with Gasteiger partial charge in [0.25, 0.3) is 0 Å². The van der Waals surface area contributed by atoms with Gasteiger partial charge in [0.2, 0.25) is 0 Å². The Morgan fingerprint density at radius 2 is 1.95 bits per heavy atom. The van der Waals surface area contributed by atoms with Crippen molar-refractivity contribution < 1.29 is 14.3 Å². The lowest BCUT2D eigenvalue weighted by molar-refractivity contribution is -0.147. The zero-order chi connectivity index (χ0) is 14.4. The number of esters is 1. The minimum absolute atomic E-state index is 0.163. The number of nitrogens with two attached hydrogens (primary N) is 1. The first-order valence-corrected chi connectivity index (χ1v) is 6.40. The number of benzene rings is 2. The lowest BCUT2D eigenvalue weighted by Crippen LogP contribution is -2.14.